The second-order valence-corrected chi connectivity index (χ2v) is 11.0. The highest BCUT2D eigenvalue weighted by Gasteiger charge is 2.21. The van der Waals surface area contributed by atoms with Crippen molar-refractivity contribution in [3.05, 3.63) is 48.5 Å². The van der Waals surface area contributed by atoms with Gasteiger partial charge in [-0.25, -0.2) is 15.0 Å². The zero-order chi connectivity index (χ0) is 26.2. The van der Waals surface area contributed by atoms with Gasteiger partial charge in [0, 0.05) is 68.6 Å². The highest BCUT2D eigenvalue weighted by atomic mass is 15.3. The maximum atomic E-state index is 4.98. The molecule has 1 saturated heterocycles. The average Bonchev–Trinajstić information content (AvgIpc) is 3.73. The molecule has 5 aromatic heterocycles. The van der Waals surface area contributed by atoms with Gasteiger partial charge in [-0.2, -0.15) is 5.10 Å². The summed E-state index contributed by atoms with van der Waals surface area (Å²) >= 11 is 0. The monoisotopic (exact) mass is 522 g/mol. The van der Waals surface area contributed by atoms with Gasteiger partial charge in [-0.05, 0) is 56.1 Å². The molecule has 7 rings (SSSR count). The summed E-state index contributed by atoms with van der Waals surface area (Å²) in [6.45, 7) is 5.81. The average molecular weight is 523 g/mol. The fraction of sp³-hybridized carbons (Fsp3) is 0.414. The van der Waals surface area contributed by atoms with Gasteiger partial charge in [0.1, 0.15) is 11.2 Å². The Morgan fingerprint density at radius 3 is 2.72 bits per heavy atom. The Morgan fingerprint density at radius 2 is 1.85 bits per heavy atom. The summed E-state index contributed by atoms with van der Waals surface area (Å²) in [5.74, 6) is 2.45. The van der Waals surface area contributed by atoms with Crippen molar-refractivity contribution in [2.24, 2.45) is 5.92 Å². The molecular weight excluding hydrogens is 488 g/mol. The molecule has 0 amide bonds. The minimum Gasteiger partial charge on any atom is -0.352 e. The molecule has 200 valence electrons. The van der Waals surface area contributed by atoms with Crippen LogP contribution in [0, 0.1) is 5.92 Å². The van der Waals surface area contributed by atoms with Crippen molar-refractivity contribution in [2.75, 3.05) is 44.7 Å². The van der Waals surface area contributed by atoms with Crippen molar-refractivity contribution < 1.29 is 0 Å². The Bertz CT molecular complexity index is 1590. The summed E-state index contributed by atoms with van der Waals surface area (Å²) < 4.78 is 0. The first kappa shape index (κ1) is 24.2. The van der Waals surface area contributed by atoms with Crippen LogP contribution in [0.4, 0.5) is 5.82 Å². The number of nitrogens with one attached hydrogen (secondary N) is 3. The van der Waals surface area contributed by atoms with Crippen LogP contribution >= 0.6 is 0 Å². The lowest BCUT2D eigenvalue weighted by molar-refractivity contribution is 0.312. The van der Waals surface area contributed by atoms with Gasteiger partial charge in [0.25, 0.3) is 0 Å². The number of rotatable bonds is 7. The summed E-state index contributed by atoms with van der Waals surface area (Å²) in [5.41, 5.74) is 6.54. The molecule has 2 aliphatic rings. The maximum absolute atomic E-state index is 4.98. The summed E-state index contributed by atoms with van der Waals surface area (Å²) in [7, 11) is 2.16. The fourth-order valence-corrected chi connectivity index (χ4v) is 5.90. The topological polar surface area (TPSA) is 115 Å². The minimum atomic E-state index is 0.710. The van der Waals surface area contributed by atoms with E-state index in [1.54, 1.807) is 0 Å². The number of imidazole rings is 1. The van der Waals surface area contributed by atoms with E-state index >= 15 is 0 Å². The normalized spacial score (nSPS) is 17.1. The number of H-pyrrole nitrogens is 2. The molecule has 0 aromatic carbocycles. The van der Waals surface area contributed by atoms with E-state index in [2.05, 4.69) is 59.4 Å². The summed E-state index contributed by atoms with van der Waals surface area (Å²) in [5, 5.41) is 12.2. The van der Waals surface area contributed by atoms with Crippen LogP contribution in [0.5, 0.6) is 0 Å². The standard InChI is InChI=1S/C29H34N10/c1-38-8-10-39(11-9-38)29-26-24(6-7-32-29)34-28(35-26)25-23-13-22(18-33-27(23)37-36-25)21-12-20(16-31-17-21)15-30-14-19-4-2-3-5-19/h6-7,12-13,16-19,30H,2-5,8-11,14-15H2,1H3,(H,34,35)(H,33,36,37). The van der Waals surface area contributed by atoms with Crippen LogP contribution < -0.4 is 10.2 Å². The van der Waals surface area contributed by atoms with E-state index in [4.69, 9.17) is 9.97 Å². The lowest BCUT2D eigenvalue weighted by atomic mass is 10.1. The minimum absolute atomic E-state index is 0.710. The van der Waals surface area contributed by atoms with Crippen LogP contribution in [-0.4, -0.2) is 79.8 Å². The first-order chi connectivity index (χ1) is 19.2. The molecule has 10 nitrogen and oxygen atoms in total. The first-order valence-corrected chi connectivity index (χ1v) is 14.0. The number of piperazine rings is 1. The number of fused-ring (bicyclic) bond motifs is 2. The molecular formula is C29H34N10. The van der Waals surface area contributed by atoms with E-state index in [1.807, 2.05) is 30.9 Å². The van der Waals surface area contributed by atoms with Crippen molar-refractivity contribution in [1.82, 2.24) is 45.3 Å². The van der Waals surface area contributed by atoms with Crippen molar-refractivity contribution in [1.29, 1.82) is 0 Å². The Labute approximate surface area is 227 Å². The molecule has 6 heterocycles. The van der Waals surface area contributed by atoms with Gasteiger partial charge in [0.2, 0.25) is 0 Å². The van der Waals surface area contributed by atoms with E-state index in [9.17, 15) is 0 Å². The molecule has 3 N–H and O–H groups in total. The van der Waals surface area contributed by atoms with E-state index in [1.165, 1.54) is 31.2 Å². The summed E-state index contributed by atoms with van der Waals surface area (Å²) in [6.07, 6.45) is 13.0. The quantitative estimate of drug-likeness (QED) is 0.294. The summed E-state index contributed by atoms with van der Waals surface area (Å²) in [6, 6.07) is 6.30. The van der Waals surface area contributed by atoms with Crippen LogP contribution in [0.25, 0.3) is 44.7 Å². The third-order valence-electron chi connectivity index (χ3n) is 8.19. The van der Waals surface area contributed by atoms with Gasteiger partial charge < -0.3 is 20.1 Å². The number of hydrogen-bond acceptors (Lipinski definition) is 8. The summed E-state index contributed by atoms with van der Waals surface area (Å²) in [4.78, 5) is 27.0. The smallest absolute Gasteiger partial charge is 0.159 e. The zero-order valence-electron chi connectivity index (χ0n) is 22.3. The highest BCUT2D eigenvalue weighted by Crippen LogP contribution is 2.31. The number of aromatic nitrogens is 7. The Hall–Kier alpha value is -3.89. The van der Waals surface area contributed by atoms with E-state index in [0.29, 0.717) is 5.82 Å². The molecule has 2 fully saturated rings. The Balaban J connectivity index is 1.17. The van der Waals surface area contributed by atoms with Gasteiger partial charge in [0.15, 0.2) is 17.3 Å². The van der Waals surface area contributed by atoms with Crippen molar-refractivity contribution >= 4 is 27.9 Å². The number of pyridine rings is 3. The van der Waals surface area contributed by atoms with Crippen LogP contribution in [0.3, 0.4) is 0 Å². The highest BCUT2D eigenvalue weighted by molar-refractivity contribution is 5.95. The molecule has 0 atom stereocenters. The first-order valence-electron chi connectivity index (χ1n) is 14.0. The molecule has 1 aliphatic carbocycles. The zero-order valence-corrected chi connectivity index (χ0v) is 22.3. The lowest BCUT2D eigenvalue weighted by Crippen LogP contribution is -2.44. The van der Waals surface area contributed by atoms with Gasteiger partial charge >= 0.3 is 0 Å². The predicted octanol–water partition coefficient (Wildman–Crippen LogP) is 3.99. The second-order valence-electron chi connectivity index (χ2n) is 11.0. The largest absolute Gasteiger partial charge is 0.352 e. The maximum Gasteiger partial charge on any atom is 0.159 e. The predicted molar refractivity (Wildman–Crippen MR) is 153 cm³/mol. The molecule has 5 aromatic rings. The Kier molecular flexibility index (Phi) is 6.41. The number of aromatic amines is 2. The molecule has 0 spiro atoms. The third kappa shape index (κ3) is 4.86. The van der Waals surface area contributed by atoms with Gasteiger partial charge in [-0.3, -0.25) is 10.1 Å². The molecule has 0 unspecified atom stereocenters. The molecule has 1 aliphatic heterocycles. The molecule has 1 saturated carbocycles. The fourth-order valence-electron chi connectivity index (χ4n) is 5.90. The number of anilines is 1. The van der Waals surface area contributed by atoms with E-state index < -0.39 is 0 Å². The van der Waals surface area contributed by atoms with Crippen molar-refractivity contribution in [2.45, 2.75) is 32.2 Å². The molecule has 0 bridgehead atoms. The number of likely N-dealkylation sites (N-methyl/N-ethyl adjacent to an activating group) is 1. The Morgan fingerprint density at radius 1 is 1.00 bits per heavy atom. The second kappa shape index (κ2) is 10.3. The van der Waals surface area contributed by atoms with Gasteiger partial charge in [-0.1, -0.05) is 12.8 Å². The van der Waals surface area contributed by atoms with Crippen molar-refractivity contribution in [3.63, 3.8) is 0 Å². The molecule has 39 heavy (non-hydrogen) atoms. The van der Waals surface area contributed by atoms with Crippen LogP contribution in [0.15, 0.2) is 43.0 Å². The van der Waals surface area contributed by atoms with E-state index in [-0.39, 0.29) is 0 Å². The number of nitrogens with zero attached hydrogens (tertiary/aromatic N) is 7. The van der Waals surface area contributed by atoms with Crippen LogP contribution in [0.2, 0.25) is 0 Å². The molecule has 10 heteroatoms. The van der Waals surface area contributed by atoms with E-state index in [0.717, 1.165) is 89.9 Å². The van der Waals surface area contributed by atoms with Crippen LogP contribution in [-0.2, 0) is 6.54 Å². The van der Waals surface area contributed by atoms with Crippen molar-refractivity contribution in [3.8, 4) is 22.6 Å². The third-order valence-corrected chi connectivity index (χ3v) is 8.19. The molecule has 0 radical (unpaired) electrons. The lowest BCUT2D eigenvalue weighted by Gasteiger charge is -2.33. The van der Waals surface area contributed by atoms with Crippen LogP contribution in [0.1, 0.15) is 31.2 Å². The number of hydrogen-bond donors (Lipinski definition) is 3. The SMILES string of the molecule is CN1CCN(c2nccc3[nH]c(-c4n[nH]c5ncc(-c6cncc(CNCC7CCCC7)c6)cc45)nc23)CC1. The van der Waals surface area contributed by atoms with Gasteiger partial charge in [0.05, 0.1) is 10.9 Å². The van der Waals surface area contributed by atoms with Gasteiger partial charge in [-0.15, -0.1) is 0 Å².